The number of nitrogens with two attached hydrogens (primary N) is 1. The van der Waals surface area contributed by atoms with Gasteiger partial charge in [-0.15, -0.1) is 11.3 Å². The number of primary amides is 1. The molecule has 5 nitrogen and oxygen atoms in total. The molecule has 0 aliphatic heterocycles. The summed E-state index contributed by atoms with van der Waals surface area (Å²) in [6, 6.07) is 9.43. The number of benzene rings is 1. The number of fused-ring (bicyclic) bond motifs is 1. The van der Waals surface area contributed by atoms with Crippen LogP contribution in [-0.4, -0.2) is 16.9 Å². The van der Waals surface area contributed by atoms with Crippen molar-refractivity contribution in [2.45, 2.75) is 32.1 Å². The Morgan fingerprint density at radius 3 is 2.60 bits per heavy atom. The number of rotatable bonds is 4. The lowest BCUT2D eigenvalue weighted by molar-refractivity contribution is -0.119. The monoisotopic (exact) mass is 373 g/mol. The molecule has 1 aliphatic carbocycles. The largest absolute Gasteiger partial charge is 0.365 e. The number of thiocarbonyl (C=S) groups is 1. The summed E-state index contributed by atoms with van der Waals surface area (Å²) in [5.74, 6) is -0.661. The predicted molar refractivity (Wildman–Crippen MR) is 104 cm³/mol. The van der Waals surface area contributed by atoms with Crippen LogP contribution in [0.4, 0.5) is 5.00 Å². The molecule has 0 radical (unpaired) electrons. The highest BCUT2D eigenvalue weighted by molar-refractivity contribution is 7.80. The summed E-state index contributed by atoms with van der Waals surface area (Å²) in [5, 5.41) is 6.45. The number of amides is 2. The van der Waals surface area contributed by atoms with Crippen molar-refractivity contribution in [2.75, 3.05) is 5.32 Å². The maximum Gasteiger partial charge on any atom is 0.251 e. The Morgan fingerprint density at radius 2 is 1.88 bits per heavy atom. The van der Waals surface area contributed by atoms with E-state index in [0.29, 0.717) is 10.6 Å². The molecule has 25 heavy (non-hydrogen) atoms. The van der Waals surface area contributed by atoms with Gasteiger partial charge in [0.15, 0.2) is 5.11 Å². The van der Waals surface area contributed by atoms with Gasteiger partial charge in [-0.2, -0.15) is 0 Å². The van der Waals surface area contributed by atoms with Crippen molar-refractivity contribution in [3.63, 3.8) is 0 Å². The van der Waals surface area contributed by atoms with Gasteiger partial charge in [-0.1, -0.05) is 30.3 Å². The summed E-state index contributed by atoms with van der Waals surface area (Å²) in [4.78, 5) is 25.1. The van der Waals surface area contributed by atoms with Gasteiger partial charge in [-0.25, -0.2) is 0 Å². The first kappa shape index (κ1) is 17.6. The van der Waals surface area contributed by atoms with Gasteiger partial charge in [0.2, 0.25) is 5.91 Å². The third kappa shape index (κ3) is 4.24. The Hall–Kier alpha value is -2.25. The first-order valence-corrected chi connectivity index (χ1v) is 9.36. The Morgan fingerprint density at radius 1 is 1.16 bits per heavy atom. The second kappa shape index (κ2) is 7.76. The molecule has 1 heterocycles. The molecule has 1 aliphatic rings. The highest BCUT2D eigenvalue weighted by Crippen LogP contribution is 2.37. The van der Waals surface area contributed by atoms with Gasteiger partial charge in [0, 0.05) is 4.88 Å². The van der Waals surface area contributed by atoms with E-state index in [1.165, 1.54) is 16.2 Å². The van der Waals surface area contributed by atoms with Crippen LogP contribution in [0.5, 0.6) is 0 Å². The molecule has 4 N–H and O–H groups in total. The number of thiophene rings is 1. The molecule has 2 amide bonds. The van der Waals surface area contributed by atoms with E-state index in [2.05, 4.69) is 10.6 Å². The zero-order valence-corrected chi connectivity index (χ0v) is 15.3. The van der Waals surface area contributed by atoms with Crippen molar-refractivity contribution in [1.82, 2.24) is 5.32 Å². The molecule has 0 atom stereocenters. The maximum absolute atomic E-state index is 12.1. The zero-order chi connectivity index (χ0) is 17.8. The molecule has 1 aromatic carbocycles. The van der Waals surface area contributed by atoms with Crippen LogP contribution in [0, 0.1) is 0 Å². The van der Waals surface area contributed by atoms with Crippen LogP contribution in [0.2, 0.25) is 0 Å². The van der Waals surface area contributed by atoms with Crippen LogP contribution in [0.15, 0.2) is 30.3 Å². The second-order valence-corrected chi connectivity index (χ2v) is 7.46. The first-order valence-electron chi connectivity index (χ1n) is 8.13. The quantitative estimate of drug-likeness (QED) is 0.720. The smallest absolute Gasteiger partial charge is 0.251 e. The lowest BCUT2D eigenvalue weighted by atomic mass is 9.95. The summed E-state index contributed by atoms with van der Waals surface area (Å²) in [7, 11) is 0. The summed E-state index contributed by atoms with van der Waals surface area (Å²) in [6.07, 6.45) is 4.23. The zero-order valence-electron chi connectivity index (χ0n) is 13.6. The predicted octanol–water partition coefficient (Wildman–Crippen LogP) is 2.78. The van der Waals surface area contributed by atoms with Gasteiger partial charge in [-0.05, 0) is 49.0 Å². The van der Waals surface area contributed by atoms with E-state index in [9.17, 15) is 9.59 Å². The molecule has 3 rings (SSSR count). The van der Waals surface area contributed by atoms with Gasteiger partial charge in [-0.3, -0.25) is 9.59 Å². The molecule has 0 spiro atoms. The minimum Gasteiger partial charge on any atom is -0.365 e. The molecule has 130 valence electrons. The van der Waals surface area contributed by atoms with Crippen molar-refractivity contribution in [3.05, 3.63) is 51.9 Å². The number of aryl methyl sites for hydroxylation is 1. The molecule has 0 fully saturated rings. The van der Waals surface area contributed by atoms with E-state index in [1.807, 2.05) is 30.3 Å². The average Bonchev–Trinajstić information content (AvgIpc) is 2.93. The number of anilines is 1. The average molecular weight is 374 g/mol. The number of nitrogens with one attached hydrogen (secondary N) is 2. The number of hydrogen-bond donors (Lipinski definition) is 3. The van der Waals surface area contributed by atoms with Crippen molar-refractivity contribution in [2.24, 2.45) is 5.73 Å². The van der Waals surface area contributed by atoms with Crippen LogP contribution >= 0.6 is 23.6 Å². The third-order valence-corrected chi connectivity index (χ3v) is 5.52. The van der Waals surface area contributed by atoms with Gasteiger partial charge >= 0.3 is 0 Å². The molecule has 7 heteroatoms. The minimum absolute atomic E-state index is 0.182. The Balaban J connectivity index is 1.68. The summed E-state index contributed by atoms with van der Waals surface area (Å²) in [6.45, 7) is 0. The fourth-order valence-corrected chi connectivity index (χ4v) is 4.58. The van der Waals surface area contributed by atoms with Crippen LogP contribution < -0.4 is 16.4 Å². The van der Waals surface area contributed by atoms with Gasteiger partial charge < -0.3 is 16.4 Å². The summed E-state index contributed by atoms with van der Waals surface area (Å²) in [5.41, 5.74) is 8.01. The molecule has 0 saturated carbocycles. The molecule has 1 aromatic heterocycles. The molecule has 0 saturated heterocycles. The molecule has 2 aromatic rings. The van der Waals surface area contributed by atoms with E-state index in [4.69, 9.17) is 18.0 Å². The first-order chi connectivity index (χ1) is 12.0. The number of carbonyl (C=O) groups excluding carboxylic acids is 2. The van der Waals surface area contributed by atoms with E-state index in [-0.39, 0.29) is 17.4 Å². The highest BCUT2D eigenvalue weighted by Gasteiger charge is 2.24. The fourth-order valence-electron chi connectivity index (χ4n) is 3.00. The van der Waals surface area contributed by atoms with Crippen molar-refractivity contribution in [1.29, 1.82) is 0 Å². The maximum atomic E-state index is 12.1. The Labute approximate surface area is 155 Å². The standard InChI is InChI=1S/C18H19N3O2S2/c19-16(23)15-12-8-4-5-9-13(12)25-17(15)21-18(24)20-14(22)10-11-6-2-1-3-7-11/h1-3,6-7H,4-5,8-10H2,(H2,19,23)(H2,20,21,22,24). The Bertz CT molecular complexity index is 815. The third-order valence-electron chi connectivity index (χ3n) is 4.11. The Kier molecular flexibility index (Phi) is 5.45. The van der Waals surface area contributed by atoms with Crippen molar-refractivity contribution >= 4 is 45.5 Å². The topological polar surface area (TPSA) is 84.2 Å². The summed E-state index contributed by atoms with van der Waals surface area (Å²) >= 11 is 6.73. The van der Waals surface area contributed by atoms with Gasteiger partial charge in [0.05, 0.1) is 12.0 Å². The van der Waals surface area contributed by atoms with Crippen LogP contribution in [0.25, 0.3) is 0 Å². The van der Waals surface area contributed by atoms with Gasteiger partial charge in [0.25, 0.3) is 5.91 Å². The lowest BCUT2D eigenvalue weighted by Crippen LogP contribution is -2.35. The SMILES string of the molecule is NC(=O)c1c(NC(=S)NC(=O)Cc2ccccc2)sc2c1CCCC2. The number of carbonyl (C=O) groups is 2. The molecular formula is C18H19N3O2S2. The van der Waals surface area contributed by atoms with Crippen LogP contribution in [-0.2, 0) is 24.1 Å². The van der Waals surface area contributed by atoms with E-state index in [0.717, 1.165) is 36.8 Å². The minimum atomic E-state index is -0.458. The fraction of sp³-hybridized carbons (Fsp3) is 0.278. The van der Waals surface area contributed by atoms with E-state index < -0.39 is 5.91 Å². The van der Waals surface area contributed by atoms with Gasteiger partial charge in [0.1, 0.15) is 5.00 Å². The highest BCUT2D eigenvalue weighted by atomic mass is 32.1. The summed E-state index contributed by atoms with van der Waals surface area (Å²) < 4.78 is 0. The molecule has 0 bridgehead atoms. The van der Waals surface area contributed by atoms with Crippen molar-refractivity contribution in [3.8, 4) is 0 Å². The van der Waals surface area contributed by atoms with E-state index in [1.54, 1.807) is 0 Å². The van der Waals surface area contributed by atoms with Crippen LogP contribution in [0.1, 0.15) is 39.2 Å². The molecule has 0 unspecified atom stereocenters. The number of hydrogen-bond acceptors (Lipinski definition) is 4. The normalized spacial score (nSPS) is 13.0. The van der Waals surface area contributed by atoms with Crippen LogP contribution in [0.3, 0.4) is 0 Å². The molecular weight excluding hydrogens is 354 g/mol. The second-order valence-electron chi connectivity index (χ2n) is 5.94. The van der Waals surface area contributed by atoms with E-state index >= 15 is 0 Å². The van der Waals surface area contributed by atoms with Crippen molar-refractivity contribution < 1.29 is 9.59 Å². The lowest BCUT2D eigenvalue weighted by Gasteiger charge is -2.11.